The van der Waals surface area contributed by atoms with Crippen LogP contribution in [0.25, 0.3) is 0 Å². The van der Waals surface area contributed by atoms with Gasteiger partial charge in [0, 0.05) is 15.7 Å². The van der Waals surface area contributed by atoms with Crippen LogP contribution in [-0.2, 0) is 10.3 Å². The highest BCUT2D eigenvalue weighted by Crippen LogP contribution is 2.32. The van der Waals surface area contributed by atoms with Crippen LogP contribution >= 0.6 is 15.9 Å². The maximum Gasteiger partial charge on any atom is 0.333 e. The number of carboxylic acid groups (broad SMARTS) is 1. The van der Waals surface area contributed by atoms with Gasteiger partial charge in [0.25, 0.3) is 0 Å². The number of anilines is 1. The van der Waals surface area contributed by atoms with E-state index in [1.54, 1.807) is 6.92 Å². The molecule has 0 aliphatic rings. The molecule has 2 rings (SSSR count). The van der Waals surface area contributed by atoms with Crippen LogP contribution in [0.5, 0.6) is 0 Å². The van der Waals surface area contributed by atoms with Crippen molar-refractivity contribution < 1.29 is 14.3 Å². The Morgan fingerprint density at radius 2 is 1.86 bits per heavy atom. The van der Waals surface area contributed by atoms with Gasteiger partial charge < -0.3 is 10.4 Å². The second kappa shape index (κ2) is 5.85. The Labute approximate surface area is 130 Å². The number of hydrogen-bond acceptors (Lipinski definition) is 2. The molecule has 0 fully saturated rings. The summed E-state index contributed by atoms with van der Waals surface area (Å²) in [6.45, 7) is 3.50. The highest BCUT2D eigenvalue weighted by molar-refractivity contribution is 9.10. The number of aryl methyl sites for hydroxylation is 1. The first-order chi connectivity index (χ1) is 9.83. The first-order valence-electron chi connectivity index (χ1n) is 6.37. The van der Waals surface area contributed by atoms with Crippen LogP contribution in [-0.4, -0.2) is 11.1 Å². The number of carboxylic acids is 1. The van der Waals surface area contributed by atoms with Gasteiger partial charge in [0.1, 0.15) is 5.82 Å². The van der Waals surface area contributed by atoms with Gasteiger partial charge >= 0.3 is 5.97 Å². The molecule has 0 saturated carbocycles. The smallest absolute Gasteiger partial charge is 0.333 e. The summed E-state index contributed by atoms with van der Waals surface area (Å²) in [6.07, 6.45) is 0. The van der Waals surface area contributed by atoms with E-state index in [9.17, 15) is 14.3 Å². The standard InChI is InChI=1S/C16H15BrFNO2/c1-10-3-6-12(7-4-10)19-16(2,15(20)21)13-8-5-11(18)9-14(13)17/h3-9,19H,1-2H3,(H,20,21). The van der Waals surface area contributed by atoms with E-state index in [-0.39, 0.29) is 0 Å². The molecule has 2 aromatic carbocycles. The summed E-state index contributed by atoms with van der Waals surface area (Å²) in [4.78, 5) is 11.8. The van der Waals surface area contributed by atoms with Gasteiger partial charge in [-0.3, -0.25) is 0 Å². The summed E-state index contributed by atoms with van der Waals surface area (Å²) in [7, 11) is 0. The third-order valence-electron chi connectivity index (χ3n) is 3.34. The Bertz CT molecular complexity index is 672. The Hall–Kier alpha value is -1.88. The Kier molecular flexibility index (Phi) is 4.32. The number of halogens is 2. The largest absolute Gasteiger partial charge is 0.479 e. The number of rotatable bonds is 4. The lowest BCUT2D eigenvalue weighted by molar-refractivity contribution is -0.142. The highest BCUT2D eigenvalue weighted by atomic mass is 79.9. The van der Waals surface area contributed by atoms with Crippen molar-refractivity contribution in [2.75, 3.05) is 5.32 Å². The minimum atomic E-state index is -1.37. The normalized spacial score (nSPS) is 13.5. The van der Waals surface area contributed by atoms with Crippen LogP contribution in [0, 0.1) is 12.7 Å². The maximum absolute atomic E-state index is 13.2. The minimum Gasteiger partial charge on any atom is -0.479 e. The van der Waals surface area contributed by atoms with Gasteiger partial charge in [0.05, 0.1) is 0 Å². The van der Waals surface area contributed by atoms with Crippen LogP contribution in [0.15, 0.2) is 46.9 Å². The van der Waals surface area contributed by atoms with Crippen molar-refractivity contribution >= 4 is 27.6 Å². The lowest BCUT2D eigenvalue weighted by Crippen LogP contribution is -2.40. The second-order valence-corrected chi connectivity index (χ2v) is 5.90. The quantitative estimate of drug-likeness (QED) is 0.862. The van der Waals surface area contributed by atoms with Crippen molar-refractivity contribution in [1.29, 1.82) is 0 Å². The minimum absolute atomic E-state index is 0.409. The van der Waals surface area contributed by atoms with E-state index in [1.165, 1.54) is 18.2 Å². The van der Waals surface area contributed by atoms with Crippen molar-refractivity contribution in [3.63, 3.8) is 0 Å². The molecule has 0 aromatic heterocycles. The van der Waals surface area contributed by atoms with Crippen LogP contribution in [0.1, 0.15) is 18.1 Å². The summed E-state index contributed by atoms with van der Waals surface area (Å²) in [6, 6.07) is 11.4. The van der Waals surface area contributed by atoms with Crippen LogP contribution in [0.2, 0.25) is 0 Å². The van der Waals surface area contributed by atoms with Gasteiger partial charge in [0.2, 0.25) is 0 Å². The third-order valence-corrected chi connectivity index (χ3v) is 4.00. The van der Waals surface area contributed by atoms with Crippen LogP contribution < -0.4 is 5.32 Å². The molecule has 0 saturated heterocycles. The summed E-state index contributed by atoms with van der Waals surface area (Å²) in [5.74, 6) is -1.47. The fraction of sp³-hybridized carbons (Fsp3) is 0.188. The molecule has 21 heavy (non-hydrogen) atoms. The molecule has 1 atom stereocenters. The molecular formula is C16H15BrFNO2. The van der Waals surface area contributed by atoms with Gasteiger partial charge in [-0.25, -0.2) is 9.18 Å². The predicted molar refractivity (Wildman–Crippen MR) is 83.9 cm³/mol. The van der Waals surface area contributed by atoms with Crippen molar-refractivity contribution in [3.05, 3.63) is 63.9 Å². The van der Waals surface area contributed by atoms with Crippen molar-refractivity contribution in [3.8, 4) is 0 Å². The fourth-order valence-electron chi connectivity index (χ4n) is 2.06. The number of benzene rings is 2. The molecule has 110 valence electrons. The molecule has 0 radical (unpaired) electrons. The van der Waals surface area contributed by atoms with Gasteiger partial charge in [-0.05, 0) is 38.1 Å². The molecule has 2 aromatic rings. The van der Waals surface area contributed by atoms with Crippen molar-refractivity contribution in [1.82, 2.24) is 0 Å². The van der Waals surface area contributed by atoms with E-state index in [0.29, 0.717) is 15.7 Å². The molecule has 3 nitrogen and oxygen atoms in total. The molecule has 0 bridgehead atoms. The average Bonchev–Trinajstić information content (AvgIpc) is 2.41. The lowest BCUT2D eigenvalue weighted by atomic mass is 9.91. The second-order valence-electron chi connectivity index (χ2n) is 5.05. The van der Waals surface area contributed by atoms with Crippen LogP contribution in [0.4, 0.5) is 10.1 Å². The summed E-state index contributed by atoms with van der Waals surface area (Å²) in [5, 5.41) is 12.6. The molecule has 1 unspecified atom stereocenters. The zero-order valence-corrected chi connectivity index (χ0v) is 13.2. The number of nitrogens with one attached hydrogen (secondary N) is 1. The molecule has 0 amide bonds. The average molecular weight is 352 g/mol. The van der Waals surface area contributed by atoms with Gasteiger partial charge in [0.15, 0.2) is 5.54 Å². The van der Waals surface area contributed by atoms with E-state index in [0.717, 1.165) is 5.56 Å². The molecular weight excluding hydrogens is 337 g/mol. The van der Waals surface area contributed by atoms with E-state index >= 15 is 0 Å². The Morgan fingerprint density at radius 3 is 2.38 bits per heavy atom. The van der Waals surface area contributed by atoms with E-state index in [2.05, 4.69) is 21.2 Å². The molecule has 0 heterocycles. The third kappa shape index (κ3) is 3.24. The predicted octanol–water partition coefficient (Wildman–Crippen LogP) is 4.31. The van der Waals surface area contributed by atoms with Crippen LogP contribution in [0.3, 0.4) is 0 Å². The molecule has 0 spiro atoms. The van der Waals surface area contributed by atoms with E-state index in [4.69, 9.17) is 0 Å². The molecule has 2 N–H and O–H groups in total. The summed E-state index contributed by atoms with van der Waals surface area (Å²) in [5.41, 5.74) is 0.848. The maximum atomic E-state index is 13.2. The first-order valence-corrected chi connectivity index (χ1v) is 7.16. The number of carbonyl (C=O) groups is 1. The van der Waals surface area contributed by atoms with Gasteiger partial charge in [-0.1, -0.05) is 39.7 Å². The van der Waals surface area contributed by atoms with E-state index in [1.807, 2.05) is 31.2 Å². The number of aliphatic carboxylic acids is 1. The SMILES string of the molecule is Cc1ccc(NC(C)(C(=O)O)c2ccc(F)cc2Br)cc1. The fourth-order valence-corrected chi connectivity index (χ4v) is 2.80. The summed E-state index contributed by atoms with van der Waals surface area (Å²) < 4.78 is 13.6. The lowest BCUT2D eigenvalue weighted by Gasteiger charge is -2.29. The summed E-state index contributed by atoms with van der Waals surface area (Å²) >= 11 is 3.23. The molecule has 0 aliphatic heterocycles. The molecule has 0 aliphatic carbocycles. The zero-order chi connectivity index (χ0) is 15.6. The molecule has 5 heteroatoms. The monoisotopic (exact) mass is 351 g/mol. The Balaban J connectivity index is 2.45. The van der Waals surface area contributed by atoms with Gasteiger partial charge in [-0.2, -0.15) is 0 Å². The van der Waals surface area contributed by atoms with Crippen molar-refractivity contribution in [2.45, 2.75) is 19.4 Å². The Morgan fingerprint density at radius 1 is 1.24 bits per heavy atom. The topological polar surface area (TPSA) is 49.3 Å². The highest BCUT2D eigenvalue weighted by Gasteiger charge is 2.37. The zero-order valence-electron chi connectivity index (χ0n) is 11.7. The van der Waals surface area contributed by atoms with Gasteiger partial charge in [-0.15, -0.1) is 0 Å². The number of hydrogen-bond donors (Lipinski definition) is 2. The van der Waals surface area contributed by atoms with E-state index < -0.39 is 17.3 Å². The first kappa shape index (κ1) is 15.5. The van der Waals surface area contributed by atoms with Crippen molar-refractivity contribution in [2.24, 2.45) is 0 Å².